The van der Waals surface area contributed by atoms with Gasteiger partial charge >= 0.3 is 5.97 Å². The van der Waals surface area contributed by atoms with Crippen LogP contribution in [0.5, 0.6) is 0 Å². The van der Waals surface area contributed by atoms with Crippen molar-refractivity contribution in [2.45, 2.75) is 13.0 Å². The minimum absolute atomic E-state index is 0.196. The van der Waals surface area contributed by atoms with Crippen LogP contribution in [0.4, 0.5) is 0 Å². The van der Waals surface area contributed by atoms with Gasteiger partial charge in [-0.15, -0.1) is 0 Å². The Labute approximate surface area is 246 Å². The molecule has 0 spiro atoms. The number of aromatic nitrogens is 1. The SMILES string of the molecule is CCOC(=O)C1=C(c2ccccc2)N=c2s/c(=C\c3c4ccccc4cc4ccccc34)c(=O)n2[C@@H]1c1ccccc1. The Morgan fingerprint density at radius 3 is 2.10 bits per heavy atom. The monoisotopic (exact) mass is 566 g/mol. The van der Waals surface area contributed by atoms with E-state index in [2.05, 4.69) is 30.3 Å². The Kier molecular flexibility index (Phi) is 6.61. The van der Waals surface area contributed by atoms with Crippen LogP contribution < -0.4 is 14.9 Å². The second-order valence-corrected chi connectivity index (χ2v) is 11.1. The van der Waals surface area contributed by atoms with Crippen molar-refractivity contribution in [3.05, 3.63) is 157 Å². The van der Waals surface area contributed by atoms with E-state index in [4.69, 9.17) is 9.73 Å². The summed E-state index contributed by atoms with van der Waals surface area (Å²) in [5.41, 5.74) is 3.26. The number of rotatable bonds is 5. The van der Waals surface area contributed by atoms with Gasteiger partial charge < -0.3 is 4.74 Å². The van der Waals surface area contributed by atoms with Gasteiger partial charge in [0.1, 0.15) is 0 Å². The Hall–Kier alpha value is -5.07. The highest BCUT2D eigenvalue weighted by molar-refractivity contribution is 7.07. The van der Waals surface area contributed by atoms with Crippen molar-refractivity contribution in [3.8, 4) is 0 Å². The molecule has 6 aromatic rings. The predicted molar refractivity (Wildman–Crippen MR) is 169 cm³/mol. The maximum absolute atomic E-state index is 14.4. The molecular weight excluding hydrogens is 540 g/mol. The van der Waals surface area contributed by atoms with E-state index in [9.17, 15) is 9.59 Å². The maximum Gasteiger partial charge on any atom is 0.338 e. The number of fused-ring (bicyclic) bond motifs is 3. The number of nitrogens with zero attached hydrogens (tertiary/aromatic N) is 2. The number of benzene rings is 5. The van der Waals surface area contributed by atoms with Crippen LogP contribution in [0.15, 0.2) is 131 Å². The average Bonchev–Trinajstić information content (AvgIpc) is 3.35. The van der Waals surface area contributed by atoms with Gasteiger partial charge in [0.2, 0.25) is 0 Å². The summed E-state index contributed by atoms with van der Waals surface area (Å²) in [4.78, 5) is 33.5. The van der Waals surface area contributed by atoms with Gasteiger partial charge in [0.05, 0.1) is 28.5 Å². The molecule has 2 heterocycles. The zero-order chi connectivity index (χ0) is 28.6. The summed E-state index contributed by atoms with van der Waals surface area (Å²) in [7, 11) is 0. The van der Waals surface area contributed by atoms with E-state index >= 15 is 0 Å². The topological polar surface area (TPSA) is 60.7 Å². The third-order valence-corrected chi connectivity index (χ3v) is 8.56. The van der Waals surface area contributed by atoms with Crippen LogP contribution in [0.3, 0.4) is 0 Å². The Morgan fingerprint density at radius 1 is 0.857 bits per heavy atom. The first kappa shape index (κ1) is 25.9. The zero-order valence-corrected chi connectivity index (χ0v) is 23.7. The number of thiazole rings is 1. The molecule has 1 aliphatic rings. The standard InChI is InChI=1S/C36H26N2O3S/c1-2-41-35(40)31-32(23-13-5-3-6-14-23)37-36-38(33(31)24-15-7-4-8-16-24)34(39)30(42-36)22-29-27-19-11-9-17-25(27)21-26-18-10-12-20-28(26)29/h3-22,33H,2H2,1H3/b30-22-/t33-/m1/s1. The van der Waals surface area contributed by atoms with Crippen molar-refractivity contribution >= 4 is 50.6 Å². The summed E-state index contributed by atoms with van der Waals surface area (Å²) in [6, 6.07) is 37.2. The number of carbonyl (C=O) groups is 1. The smallest absolute Gasteiger partial charge is 0.338 e. The summed E-state index contributed by atoms with van der Waals surface area (Å²) in [5.74, 6) is -0.483. The highest BCUT2D eigenvalue weighted by atomic mass is 32.1. The first-order chi connectivity index (χ1) is 20.6. The number of ether oxygens (including phenoxy) is 1. The molecule has 0 aliphatic carbocycles. The van der Waals surface area contributed by atoms with Crippen LogP contribution in [-0.4, -0.2) is 17.1 Å². The van der Waals surface area contributed by atoms with Crippen molar-refractivity contribution in [2.75, 3.05) is 6.61 Å². The van der Waals surface area contributed by atoms with Crippen molar-refractivity contribution < 1.29 is 9.53 Å². The molecule has 0 amide bonds. The van der Waals surface area contributed by atoms with Gasteiger partial charge in [-0.3, -0.25) is 9.36 Å². The number of carbonyl (C=O) groups excluding carboxylic acids is 1. The fraction of sp³-hybridized carbons (Fsp3) is 0.0833. The molecule has 0 unspecified atom stereocenters. The molecule has 7 rings (SSSR count). The molecule has 1 aliphatic heterocycles. The number of hydrogen-bond acceptors (Lipinski definition) is 5. The lowest BCUT2D eigenvalue weighted by Gasteiger charge is -2.25. The summed E-state index contributed by atoms with van der Waals surface area (Å²) in [5, 5.41) is 4.35. The average molecular weight is 567 g/mol. The maximum atomic E-state index is 14.4. The normalized spacial score (nSPS) is 15.1. The van der Waals surface area contributed by atoms with Gasteiger partial charge in [-0.05, 0) is 51.7 Å². The van der Waals surface area contributed by atoms with Gasteiger partial charge in [-0.2, -0.15) is 0 Å². The molecule has 0 N–H and O–H groups in total. The molecule has 6 heteroatoms. The number of hydrogen-bond donors (Lipinski definition) is 0. The third kappa shape index (κ3) is 4.37. The molecule has 42 heavy (non-hydrogen) atoms. The van der Waals surface area contributed by atoms with E-state index in [1.165, 1.54) is 11.3 Å². The highest BCUT2D eigenvalue weighted by Gasteiger charge is 2.35. The van der Waals surface area contributed by atoms with E-state index in [1.807, 2.05) is 91.0 Å². The van der Waals surface area contributed by atoms with E-state index < -0.39 is 12.0 Å². The summed E-state index contributed by atoms with van der Waals surface area (Å²) in [6.07, 6.45) is 1.98. The van der Waals surface area contributed by atoms with E-state index in [1.54, 1.807) is 11.5 Å². The Morgan fingerprint density at radius 2 is 1.45 bits per heavy atom. The van der Waals surface area contributed by atoms with Crippen molar-refractivity contribution in [1.82, 2.24) is 4.57 Å². The second-order valence-electron chi connectivity index (χ2n) is 10.1. The molecule has 0 bridgehead atoms. The second kappa shape index (κ2) is 10.7. The van der Waals surface area contributed by atoms with Crippen LogP contribution in [0.1, 0.15) is 29.7 Å². The molecule has 0 saturated carbocycles. The summed E-state index contributed by atoms with van der Waals surface area (Å²) >= 11 is 1.34. The molecule has 1 atom stereocenters. The molecular formula is C36H26N2O3S. The fourth-order valence-corrected chi connectivity index (χ4v) is 6.71. The van der Waals surface area contributed by atoms with Gasteiger partial charge in [0.15, 0.2) is 4.80 Å². The summed E-state index contributed by atoms with van der Waals surface area (Å²) in [6.45, 7) is 1.99. The van der Waals surface area contributed by atoms with Crippen LogP contribution in [0.25, 0.3) is 33.3 Å². The fourth-order valence-electron chi connectivity index (χ4n) is 5.73. The number of esters is 1. The largest absolute Gasteiger partial charge is 0.463 e. The van der Waals surface area contributed by atoms with E-state index in [0.717, 1.165) is 38.2 Å². The molecule has 1 aromatic heterocycles. The third-order valence-electron chi connectivity index (χ3n) is 7.58. The molecule has 5 nitrogen and oxygen atoms in total. The summed E-state index contributed by atoms with van der Waals surface area (Å²) < 4.78 is 7.76. The van der Waals surface area contributed by atoms with E-state index in [-0.39, 0.29) is 12.2 Å². The molecule has 0 radical (unpaired) electrons. The minimum Gasteiger partial charge on any atom is -0.463 e. The van der Waals surface area contributed by atoms with Gasteiger partial charge in [-0.1, -0.05) is 121 Å². The highest BCUT2D eigenvalue weighted by Crippen LogP contribution is 2.35. The first-order valence-electron chi connectivity index (χ1n) is 13.9. The van der Waals surface area contributed by atoms with E-state index in [0.29, 0.717) is 20.6 Å². The molecule has 5 aromatic carbocycles. The quantitative estimate of drug-likeness (QED) is 0.183. The van der Waals surface area contributed by atoms with Gasteiger partial charge in [0.25, 0.3) is 5.56 Å². The molecule has 204 valence electrons. The van der Waals surface area contributed by atoms with Crippen LogP contribution in [0, 0.1) is 0 Å². The lowest BCUT2D eigenvalue weighted by molar-refractivity contribution is -0.138. The van der Waals surface area contributed by atoms with Crippen LogP contribution in [0.2, 0.25) is 0 Å². The van der Waals surface area contributed by atoms with Crippen LogP contribution >= 0.6 is 11.3 Å². The van der Waals surface area contributed by atoms with Gasteiger partial charge in [-0.25, -0.2) is 9.79 Å². The van der Waals surface area contributed by atoms with Crippen LogP contribution in [-0.2, 0) is 9.53 Å². The Bertz CT molecular complexity index is 2140. The van der Waals surface area contributed by atoms with Crippen molar-refractivity contribution in [3.63, 3.8) is 0 Å². The molecule has 0 fully saturated rings. The molecule has 0 saturated heterocycles. The lowest BCUT2D eigenvalue weighted by atomic mass is 9.93. The zero-order valence-electron chi connectivity index (χ0n) is 22.9. The van der Waals surface area contributed by atoms with Crippen molar-refractivity contribution in [2.24, 2.45) is 4.99 Å². The minimum atomic E-state index is -0.692. The lowest BCUT2D eigenvalue weighted by Crippen LogP contribution is -2.40. The van der Waals surface area contributed by atoms with Crippen molar-refractivity contribution in [1.29, 1.82) is 0 Å². The van der Waals surface area contributed by atoms with Gasteiger partial charge in [0, 0.05) is 5.56 Å². The predicted octanol–water partition coefficient (Wildman–Crippen LogP) is 6.24. The Balaban J connectivity index is 1.56. The first-order valence-corrected chi connectivity index (χ1v) is 14.7.